The summed E-state index contributed by atoms with van der Waals surface area (Å²) in [6.45, 7) is 4.22. The van der Waals surface area contributed by atoms with Crippen molar-refractivity contribution >= 4 is 27.7 Å². The number of halogens is 1. The smallest absolute Gasteiger partial charge is 0.232 e. The number of hydrogen-bond donors (Lipinski definition) is 0. The summed E-state index contributed by atoms with van der Waals surface area (Å²) in [5.41, 5.74) is 1.22. The van der Waals surface area contributed by atoms with Crippen LogP contribution in [0.15, 0.2) is 16.7 Å². The van der Waals surface area contributed by atoms with E-state index < -0.39 is 0 Å². The van der Waals surface area contributed by atoms with E-state index in [0.29, 0.717) is 24.3 Å². The Bertz CT molecular complexity index is 562. The molecular formula is C14H15BrN2O2. The second-order valence-electron chi connectivity index (χ2n) is 5.57. The van der Waals surface area contributed by atoms with Gasteiger partial charge in [-0.05, 0) is 34.8 Å². The van der Waals surface area contributed by atoms with Gasteiger partial charge in [0.15, 0.2) is 0 Å². The summed E-state index contributed by atoms with van der Waals surface area (Å²) < 4.78 is 6.57. The highest BCUT2D eigenvalue weighted by Crippen LogP contribution is 2.59. The normalized spacial score (nSPS) is 35.5. The minimum Gasteiger partial charge on any atom is -0.381 e. The van der Waals surface area contributed by atoms with Crippen molar-refractivity contribution in [3.05, 3.63) is 22.3 Å². The molecule has 1 amide bonds. The van der Waals surface area contributed by atoms with E-state index >= 15 is 0 Å². The molecule has 4 rings (SSSR count). The molecule has 0 N–H and O–H groups in total. The van der Waals surface area contributed by atoms with Gasteiger partial charge in [0, 0.05) is 34.6 Å². The highest BCUT2D eigenvalue weighted by Gasteiger charge is 2.60. The van der Waals surface area contributed by atoms with Gasteiger partial charge in [0.05, 0.1) is 19.1 Å². The fraction of sp³-hybridized carbons (Fsp3) is 0.571. The summed E-state index contributed by atoms with van der Waals surface area (Å²) in [6.07, 6.45) is 1.77. The molecule has 4 nitrogen and oxygen atoms in total. The number of carbonyl (C=O) groups excluding carboxylic acids is 1. The van der Waals surface area contributed by atoms with Crippen LogP contribution in [0.4, 0.5) is 5.82 Å². The number of fused-ring (bicyclic) bond motifs is 6. The van der Waals surface area contributed by atoms with Crippen molar-refractivity contribution in [3.63, 3.8) is 0 Å². The number of anilines is 1. The molecule has 19 heavy (non-hydrogen) atoms. The number of amides is 1. The first-order chi connectivity index (χ1) is 9.22. The molecule has 0 aromatic carbocycles. The molecule has 1 aromatic heterocycles. The lowest BCUT2D eigenvalue weighted by Gasteiger charge is -2.52. The lowest BCUT2D eigenvalue weighted by Crippen LogP contribution is -2.57. The van der Waals surface area contributed by atoms with Gasteiger partial charge in [-0.15, -0.1) is 0 Å². The molecule has 0 unspecified atom stereocenters. The zero-order valence-corrected chi connectivity index (χ0v) is 12.3. The number of nitrogens with zero attached hydrogens (tertiary/aromatic N) is 2. The summed E-state index contributed by atoms with van der Waals surface area (Å²) >= 11 is 3.49. The maximum atomic E-state index is 12.6. The molecule has 4 atom stereocenters. The van der Waals surface area contributed by atoms with Crippen LogP contribution >= 0.6 is 15.9 Å². The number of ether oxygens (including phenoxy) is 1. The van der Waals surface area contributed by atoms with Crippen LogP contribution in [0.25, 0.3) is 0 Å². The molecule has 3 aliphatic rings. The lowest BCUT2D eigenvalue weighted by atomic mass is 9.54. The Hall–Kier alpha value is -0.940. The van der Waals surface area contributed by atoms with Crippen LogP contribution < -0.4 is 4.90 Å². The Morgan fingerprint density at radius 2 is 2.16 bits per heavy atom. The van der Waals surface area contributed by atoms with E-state index in [4.69, 9.17) is 4.74 Å². The fourth-order valence-corrected chi connectivity index (χ4v) is 4.33. The second kappa shape index (κ2) is 4.03. The maximum absolute atomic E-state index is 12.6. The molecule has 0 spiro atoms. The average molecular weight is 323 g/mol. The lowest BCUT2D eigenvalue weighted by molar-refractivity contribution is -0.132. The van der Waals surface area contributed by atoms with Gasteiger partial charge in [-0.1, -0.05) is 0 Å². The molecule has 1 saturated carbocycles. The van der Waals surface area contributed by atoms with Gasteiger partial charge >= 0.3 is 0 Å². The molecule has 100 valence electrons. The van der Waals surface area contributed by atoms with Gasteiger partial charge in [-0.2, -0.15) is 0 Å². The van der Waals surface area contributed by atoms with Crippen molar-refractivity contribution in [3.8, 4) is 0 Å². The Balaban J connectivity index is 1.86. The largest absolute Gasteiger partial charge is 0.381 e. The zero-order chi connectivity index (χ0) is 13.1. The van der Waals surface area contributed by atoms with Gasteiger partial charge < -0.3 is 4.74 Å². The molecule has 5 heteroatoms. The summed E-state index contributed by atoms with van der Waals surface area (Å²) in [7, 11) is 0. The Morgan fingerprint density at radius 1 is 1.42 bits per heavy atom. The molecule has 1 aromatic rings. The Labute approximate surface area is 120 Å². The predicted molar refractivity (Wildman–Crippen MR) is 74.0 cm³/mol. The topological polar surface area (TPSA) is 42.4 Å². The predicted octanol–water partition coefficient (Wildman–Crippen LogP) is 2.19. The van der Waals surface area contributed by atoms with Crippen LogP contribution in [0.5, 0.6) is 0 Å². The molecule has 2 aliphatic heterocycles. The third kappa shape index (κ3) is 1.43. The first-order valence-electron chi connectivity index (χ1n) is 6.77. The quantitative estimate of drug-likeness (QED) is 0.796. The molecule has 2 fully saturated rings. The van der Waals surface area contributed by atoms with Crippen LogP contribution in [0.3, 0.4) is 0 Å². The van der Waals surface area contributed by atoms with E-state index in [-0.39, 0.29) is 11.8 Å². The number of pyridine rings is 1. The van der Waals surface area contributed by atoms with Crippen molar-refractivity contribution in [2.45, 2.75) is 12.8 Å². The van der Waals surface area contributed by atoms with Crippen molar-refractivity contribution in [1.82, 2.24) is 4.98 Å². The Morgan fingerprint density at radius 3 is 2.89 bits per heavy atom. The highest BCUT2D eigenvalue weighted by atomic mass is 79.9. The highest BCUT2D eigenvalue weighted by molar-refractivity contribution is 9.10. The first kappa shape index (κ1) is 11.9. The molecule has 1 aliphatic carbocycles. The minimum atomic E-state index is 0.107. The zero-order valence-electron chi connectivity index (χ0n) is 10.7. The van der Waals surface area contributed by atoms with Crippen molar-refractivity contribution < 1.29 is 9.53 Å². The summed E-state index contributed by atoms with van der Waals surface area (Å²) in [6, 6.07) is 2.13. The number of rotatable bonds is 1. The van der Waals surface area contributed by atoms with Gasteiger partial charge in [0.25, 0.3) is 0 Å². The summed E-state index contributed by atoms with van der Waals surface area (Å²) in [4.78, 5) is 18.9. The average Bonchev–Trinajstić information content (AvgIpc) is 2.76. The SMILES string of the molecule is CCN1C(=O)[C@@H]2[C@H]3COC[C@H]3[C@@H]2c2cc(Br)cnc21. The fourth-order valence-electron chi connectivity index (χ4n) is 3.98. The molecule has 0 bridgehead atoms. The number of aromatic nitrogens is 1. The van der Waals surface area contributed by atoms with E-state index in [2.05, 4.69) is 27.0 Å². The molecule has 0 radical (unpaired) electrons. The van der Waals surface area contributed by atoms with Gasteiger partial charge in [-0.25, -0.2) is 4.98 Å². The van der Waals surface area contributed by atoms with Crippen molar-refractivity contribution in [1.29, 1.82) is 0 Å². The third-order valence-corrected chi connectivity index (χ3v) is 5.26. The standard InChI is InChI=1S/C14H15BrN2O2/c1-2-17-13-8(3-7(15)4-16-13)11-9-5-19-6-10(9)12(11)14(17)18/h3-4,9-12H,2,5-6H2,1H3/t9-,10+,11+,12-/m1/s1. The van der Waals surface area contributed by atoms with E-state index in [1.165, 1.54) is 5.56 Å². The van der Waals surface area contributed by atoms with Crippen LogP contribution in [-0.2, 0) is 9.53 Å². The van der Waals surface area contributed by atoms with Gasteiger partial charge in [0.2, 0.25) is 5.91 Å². The molecule has 1 saturated heterocycles. The van der Waals surface area contributed by atoms with E-state index in [1.807, 2.05) is 11.8 Å². The monoisotopic (exact) mass is 322 g/mol. The second-order valence-corrected chi connectivity index (χ2v) is 6.48. The van der Waals surface area contributed by atoms with E-state index in [1.54, 1.807) is 6.20 Å². The Kier molecular flexibility index (Phi) is 2.51. The van der Waals surface area contributed by atoms with E-state index in [0.717, 1.165) is 23.5 Å². The minimum absolute atomic E-state index is 0.107. The molecule has 3 heterocycles. The van der Waals surface area contributed by atoms with Crippen LogP contribution in [-0.4, -0.2) is 30.6 Å². The van der Waals surface area contributed by atoms with E-state index in [9.17, 15) is 4.79 Å². The van der Waals surface area contributed by atoms with Crippen molar-refractivity contribution in [2.24, 2.45) is 17.8 Å². The number of carbonyl (C=O) groups is 1. The maximum Gasteiger partial charge on any atom is 0.232 e. The van der Waals surface area contributed by atoms with Crippen LogP contribution in [0.1, 0.15) is 18.4 Å². The van der Waals surface area contributed by atoms with Gasteiger partial charge in [0.1, 0.15) is 5.82 Å². The number of hydrogen-bond acceptors (Lipinski definition) is 3. The third-order valence-electron chi connectivity index (χ3n) is 4.82. The van der Waals surface area contributed by atoms with Gasteiger partial charge in [-0.3, -0.25) is 9.69 Å². The first-order valence-corrected chi connectivity index (χ1v) is 7.56. The van der Waals surface area contributed by atoms with Crippen LogP contribution in [0, 0.1) is 17.8 Å². The van der Waals surface area contributed by atoms with Crippen LogP contribution in [0.2, 0.25) is 0 Å². The summed E-state index contributed by atoms with van der Waals surface area (Å²) in [5, 5.41) is 0. The van der Waals surface area contributed by atoms with Crippen molar-refractivity contribution in [2.75, 3.05) is 24.7 Å². The molecular weight excluding hydrogens is 308 g/mol. The summed E-state index contributed by atoms with van der Waals surface area (Å²) in [5.74, 6) is 2.42.